The summed E-state index contributed by atoms with van der Waals surface area (Å²) in [6.45, 7) is 6.44. The van der Waals surface area contributed by atoms with E-state index in [9.17, 15) is 4.79 Å². The van der Waals surface area contributed by atoms with Crippen LogP contribution < -0.4 is 9.64 Å². The van der Waals surface area contributed by atoms with E-state index in [1.165, 1.54) is 6.33 Å². The molecule has 6 nitrogen and oxygen atoms in total. The molecule has 1 atom stereocenters. The van der Waals surface area contributed by atoms with Crippen LogP contribution in [0.1, 0.15) is 25.3 Å². The molecule has 0 spiro atoms. The van der Waals surface area contributed by atoms with E-state index in [0.29, 0.717) is 11.8 Å². The zero-order valence-electron chi connectivity index (χ0n) is 15.3. The van der Waals surface area contributed by atoms with Crippen molar-refractivity contribution in [2.75, 3.05) is 24.5 Å². The number of carbonyl (C=O) groups excluding carboxylic acids is 1. The van der Waals surface area contributed by atoms with Crippen LogP contribution in [0.4, 0.5) is 5.82 Å². The quantitative estimate of drug-likeness (QED) is 0.846. The molecule has 2 heterocycles. The normalized spacial score (nSPS) is 20.2. The monoisotopic (exact) mass is 352 g/mol. The lowest BCUT2D eigenvalue weighted by molar-refractivity contribution is -0.134. The third-order valence-corrected chi connectivity index (χ3v) is 5.00. The number of carbonyl (C=O) groups is 1. The minimum absolute atomic E-state index is 0.188. The molecule has 1 aromatic carbocycles. The Kier molecular flexibility index (Phi) is 4.49. The van der Waals surface area contributed by atoms with E-state index in [0.717, 1.165) is 49.6 Å². The van der Waals surface area contributed by atoms with Crippen LogP contribution in [0.2, 0.25) is 0 Å². The van der Waals surface area contributed by atoms with Crippen LogP contribution in [0.5, 0.6) is 11.6 Å². The maximum absolute atomic E-state index is 12.4. The highest BCUT2D eigenvalue weighted by Gasteiger charge is 2.37. The fourth-order valence-electron chi connectivity index (χ4n) is 3.42. The Morgan fingerprint density at radius 2 is 2.04 bits per heavy atom. The molecule has 6 heteroatoms. The average molecular weight is 352 g/mol. The zero-order valence-corrected chi connectivity index (χ0v) is 15.3. The van der Waals surface area contributed by atoms with Crippen molar-refractivity contribution in [3.8, 4) is 11.6 Å². The van der Waals surface area contributed by atoms with E-state index in [1.807, 2.05) is 42.2 Å². The van der Waals surface area contributed by atoms with Crippen LogP contribution in [-0.2, 0) is 4.79 Å². The van der Waals surface area contributed by atoms with Gasteiger partial charge in [-0.05, 0) is 44.4 Å². The number of hydrogen-bond donors (Lipinski definition) is 0. The summed E-state index contributed by atoms with van der Waals surface area (Å²) in [6, 6.07) is 9.94. The van der Waals surface area contributed by atoms with Gasteiger partial charge in [0.05, 0.1) is 0 Å². The maximum Gasteiger partial charge on any atom is 0.226 e. The molecule has 1 aliphatic carbocycles. The van der Waals surface area contributed by atoms with Crippen molar-refractivity contribution in [2.24, 2.45) is 5.92 Å². The predicted octanol–water partition coefficient (Wildman–Crippen LogP) is 3.02. The first-order chi connectivity index (χ1) is 12.6. The molecule has 1 amide bonds. The first-order valence-electron chi connectivity index (χ1n) is 9.22. The molecule has 2 aromatic rings. The molecule has 2 fully saturated rings. The average Bonchev–Trinajstić information content (AvgIpc) is 3.46. The molecule has 26 heavy (non-hydrogen) atoms. The highest BCUT2D eigenvalue weighted by Crippen LogP contribution is 2.32. The van der Waals surface area contributed by atoms with E-state index in [1.54, 1.807) is 0 Å². The number of anilines is 1. The van der Waals surface area contributed by atoms with Crippen LogP contribution in [-0.4, -0.2) is 46.5 Å². The molecule has 0 N–H and O–H groups in total. The number of ether oxygens (including phenoxy) is 1. The van der Waals surface area contributed by atoms with Crippen molar-refractivity contribution in [3.63, 3.8) is 0 Å². The van der Waals surface area contributed by atoms with Gasteiger partial charge in [0, 0.05) is 37.7 Å². The van der Waals surface area contributed by atoms with E-state index >= 15 is 0 Å². The fourth-order valence-corrected chi connectivity index (χ4v) is 3.42. The summed E-state index contributed by atoms with van der Waals surface area (Å²) in [5.41, 5.74) is 1.14. The van der Waals surface area contributed by atoms with Gasteiger partial charge in [0.15, 0.2) is 0 Å². The third-order valence-electron chi connectivity index (χ3n) is 5.00. The number of nitrogens with zero attached hydrogens (tertiary/aromatic N) is 4. The lowest BCUT2D eigenvalue weighted by Gasteiger charge is -2.40. The summed E-state index contributed by atoms with van der Waals surface area (Å²) < 4.78 is 5.87. The Labute approximate surface area is 153 Å². The van der Waals surface area contributed by atoms with Crippen molar-refractivity contribution >= 4 is 11.7 Å². The van der Waals surface area contributed by atoms with Gasteiger partial charge in [0.1, 0.15) is 17.9 Å². The number of aromatic nitrogens is 2. The molecule has 1 saturated carbocycles. The standard InChI is InChI=1S/C20H24N4O2/c1-14-4-3-5-17(10-14)26-19-11-18(21-13-22-19)23-8-9-24(15(2)12-23)20(25)16-6-7-16/h3-5,10-11,13,15-16H,6-9,12H2,1-2H3/t15-/m1/s1. The van der Waals surface area contributed by atoms with E-state index in [2.05, 4.69) is 21.8 Å². The second kappa shape index (κ2) is 6.94. The molecule has 0 unspecified atom stereocenters. The highest BCUT2D eigenvalue weighted by atomic mass is 16.5. The summed E-state index contributed by atoms with van der Waals surface area (Å²) in [6.07, 6.45) is 3.64. The van der Waals surface area contributed by atoms with Crippen LogP contribution >= 0.6 is 0 Å². The van der Waals surface area contributed by atoms with Gasteiger partial charge in [-0.2, -0.15) is 0 Å². The van der Waals surface area contributed by atoms with Gasteiger partial charge in [0.25, 0.3) is 0 Å². The minimum Gasteiger partial charge on any atom is -0.439 e. The van der Waals surface area contributed by atoms with Crippen LogP contribution in [0.3, 0.4) is 0 Å². The molecule has 0 bridgehead atoms. The van der Waals surface area contributed by atoms with Crippen molar-refractivity contribution in [1.82, 2.24) is 14.9 Å². The van der Waals surface area contributed by atoms with Crippen molar-refractivity contribution in [1.29, 1.82) is 0 Å². The maximum atomic E-state index is 12.4. The Bertz CT molecular complexity index is 806. The number of rotatable bonds is 4. The SMILES string of the molecule is Cc1cccc(Oc2cc(N3CCN(C(=O)C4CC4)[C@H](C)C3)ncn2)c1. The van der Waals surface area contributed by atoms with Gasteiger partial charge in [0.2, 0.25) is 11.8 Å². The number of piperazine rings is 1. The van der Waals surface area contributed by atoms with Gasteiger partial charge in [-0.3, -0.25) is 4.79 Å². The summed E-state index contributed by atoms with van der Waals surface area (Å²) >= 11 is 0. The Balaban J connectivity index is 1.44. The summed E-state index contributed by atoms with van der Waals surface area (Å²) in [4.78, 5) is 25.2. The molecular formula is C20H24N4O2. The van der Waals surface area contributed by atoms with Gasteiger partial charge in [-0.25, -0.2) is 9.97 Å². The molecule has 136 valence electrons. The van der Waals surface area contributed by atoms with Crippen molar-refractivity contribution in [2.45, 2.75) is 32.7 Å². The number of aryl methyl sites for hydroxylation is 1. The molecule has 1 aromatic heterocycles. The summed E-state index contributed by atoms with van der Waals surface area (Å²) in [5, 5.41) is 0. The topological polar surface area (TPSA) is 58.6 Å². The second-order valence-electron chi connectivity index (χ2n) is 7.23. The van der Waals surface area contributed by atoms with Crippen LogP contribution in [0.15, 0.2) is 36.7 Å². The largest absolute Gasteiger partial charge is 0.439 e. The molecule has 1 aliphatic heterocycles. The molecule has 2 aliphatic rings. The van der Waals surface area contributed by atoms with Crippen molar-refractivity contribution in [3.05, 3.63) is 42.2 Å². The Hall–Kier alpha value is -2.63. The van der Waals surface area contributed by atoms with Gasteiger partial charge in [-0.1, -0.05) is 12.1 Å². The van der Waals surface area contributed by atoms with Gasteiger partial charge >= 0.3 is 0 Å². The second-order valence-corrected chi connectivity index (χ2v) is 7.23. The molecule has 0 radical (unpaired) electrons. The lowest BCUT2D eigenvalue weighted by atomic mass is 10.1. The number of hydrogen-bond acceptors (Lipinski definition) is 5. The van der Waals surface area contributed by atoms with Crippen molar-refractivity contribution < 1.29 is 9.53 Å². The summed E-state index contributed by atoms with van der Waals surface area (Å²) in [5.74, 6) is 2.74. The lowest BCUT2D eigenvalue weighted by Crippen LogP contribution is -2.54. The molecule has 4 rings (SSSR count). The first-order valence-corrected chi connectivity index (χ1v) is 9.22. The smallest absolute Gasteiger partial charge is 0.226 e. The Morgan fingerprint density at radius 3 is 2.77 bits per heavy atom. The third kappa shape index (κ3) is 3.64. The highest BCUT2D eigenvalue weighted by molar-refractivity contribution is 5.81. The van der Waals surface area contributed by atoms with Gasteiger partial charge < -0.3 is 14.5 Å². The number of benzene rings is 1. The van der Waals surface area contributed by atoms with Crippen LogP contribution in [0, 0.1) is 12.8 Å². The molecule has 1 saturated heterocycles. The predicted molar refractivity (Wildman–Crippen MR) is 99.4 cm³/mol. The first kappa shape index (κ1) is 16.8. The minimum atomic E-state index is 0.188. The zero-order chi connectivity index (χ0) is 18.1. The Morgan fingerprint density at radius 1 is 1.19 bits per heavy atom. The molecular weight excluding hydrogens is 328 g/mol. The summed E-state index contributed by atoms with van der Waals surface area (Å²) in [7, 11) is 0. The van der Waals surface area contributed by atoms with Gasteiger partial charge in [-0.15, -0.1) is 0 Å². The van der Waals surface area contributed by atoms with E-state index in [4.69, 9.17) is 4.74 Å². The van der Waals surface area contributed by atoms with E-state index in [-0.39, 0.29) is 12.0 Å². The van der Waals surface area contributed by atoms with E-state index < -0.39 is 0 Å². The number of amides is 1. The fraction of sp³-hybridized carbons (Fsp3) is 0.450. The van der Waals surface area contributed by atoms with Crippen LogP contribution in [0.25, 0.3) is 0 Å².